The second kappa shape index (κ2) is 18.9. The van der Waals surface area contributed by atoms with Gasteiger partial charge < -0.3 is 5.32 Å². The lowest BCUT2D eigenvalue weighted by atomic mass is 9.14. The number of nitrogens with one attached hydrogen (secondary N) is 2. The molecule has 9 heteroatoms. The molecule has 0 saturated heterocycles. The van der Waals surface area contributed by atoms with Gasteiger partial charge in [-0.3, -0.25) is 9.48 Å². The van der Waals surface area contributed by atoms with Crippen LogP contribution in [0.25, 0.3) is 0 Å². The molecule has 0 aliphatic heterocycles. The lowest BCUT2D eigenvalue weighted by Gasteiger charge is -2.43. The van der Waals surface area contributed by atoms with E-state index in [0.29, 0.717) is 18.4 Å². The first-order valence-corrected chi connectivity index (χ1v) is 18.4. The Kier molecular flexibility index (Phi) is 14.7. The molecule has 0 aromatic heterocycles. The highest BCUT2D eigenvalue weighted by Gasteiger charge is 2.30. The average Bonchev–Trinajstić information content (AvgIpc) is 3.08. The Labute approximate surface area is 293 Å². The minimum Gasteiger partial charge on any atom is -0.340 e. The van der Waals surface area contributed by atoms with Gasteiger partial charge in [0, 0.05) is 6.04 Å². The van der Waals surface area contributed by atoms with Crippen LogP contribution in [0.5, 0.6) is 0 Å². The van der Waals surface area contributed by atoms with Gasteiger partial charge >= 0.3 is 5.96 Å². The Bertz CT molecular complexity index is 1410. The molecule has 2 saturated carbocycles. The molecule has 3 aromatic carbocycles. The van der Waals surface area contributed by atoms with E-state index in [2.05, 4.69) is 55.2 Å². The van der Waals surface area contributed by atoms with Crippen LogP contribution in [-0.2, 0) is 0 Å². The number of rotatable bonds is 8. The van der Waals surface area contributed by atoms with Gasteiger partial charge in [0.1, 0.15) is 17.5 Å². The summed E-state index contributed by atoms with van der Waals surface area (Å²) in [5.41, 5.74) is 2.28. The average molecular weight is 676 g/mol. The van der Waals surface area contributed by atoms with Gasteiger partial charge in [0.2, 0.25) is 0 Å². The predicted molar refractivity (Wildman–Crippen MR) is 202 cm³/mol. The van der Waals surface area contributed by atoms with Crippen LogP contribution in [0.3, 0.4) is 0 Å². The maximum absolute atomic E-state index is 14.1. The summed E-state index contributed by atoms with van der Waals surface area (Å²) >= 11 is 0. The molecule has 0 amide bonds. The van der Waals surface area contributed by atoms with Gasteiger partial charge in [0.15, 0.2) is 0 Å². The quantitative estimate of drug-likeness (QED) is 0.120. The van der Waals surface area contributed by atoms with Gasteiger partial charge in [0.25, 0.3) is 5.96 Å². The largest absolute Gasteiger partial charge is 0.354 e. The first-order valence-electron chi connectivity index (χ1n) is 18.4. The predicted octanol–water partition coefficient (Wildman–Crippen LogP) is 6.75. The zero-order chi connectivity index (χ0) is 35.2. The monoisotopic (exact) mass is 675 g/mol. The number of hydrogen-bond donors (Lipinski definition) is 2. The SMILES string of the molecule is CCCC[B-](c1cccc(F)c1)(c1cccc(F)c1)c1cccc(F)c1.CN(C)C(NC(=NC1CCCCC1)NC1CCCCC1)=[N+](C)C. The lowest BCUT2D eigenvalue weighted by Crippen LogP contribution is -2.67. The molecule has 0 radical (unpaired) electrons. The van der Waals surface area contributed by atoms with Crippen molar-refractivity contribution < 1.29 is 17.7 Å². The first-order chi connectivity index (χ1) is 23.6. The zero-order valence-electron chi connectivity index (χ0n) is 30.3. The minimum atomic E-state index is -1.69. The number of halogens is 3. The van der Waals surface area contributed by atoms with Gasteiger partial charge in [0.05, 0.1) is 40.4 Å². The molecule has 2 aliphatic rings. The van der Waals surface area contributed by atoms with Crippen molar-refractivity contribution in [1.29, 1.82) is 0 Å². The molecule has 2 N–H and O–H groups in total. The normalized spacial score (nSPS) is 16.0. The van der Waals surface area contributed by atoms with Crippen LogP contribution in [0.15, 0.2) is 77.8 Å². The second-order valence-electron chi connectivity index (χ2n) is 14.3. The molecule has 0 heterocycles. The van der Waals surface area contributed by atoms with Gasteiger partial charge in [-0.25, -0.2) is 23.5 Å². The molecule has 2 aliphatic carbocycles. The molecule has 0 bridgehead atoms. The van der Waals surface area contributed by atoms with E-state index in [0.717, 1.165) is 41.1 Å². The molecule has 2 fully saturated rings. The van der Waals surface area contributed by atoms with E-state index in [-0.39, 0.29) is 17.5 Å². The number of unbranched alkanes of at least 4 members (excludes halogenated alkanes) is 1. The van der Waals surface area contributed by atoms with E-state index >= 15 is 0 Å². The summed E-state index contributed by atoms with van der Waals surface area (Å²) in [6, 6.07) is 20.2. The van der Waals surface area contributed by atoms with Gasteiger partial charge in [-0.05, 0) is 43.9 Å². The fourth-order valence-corrected chi connectivity index (χ4v) is 7.70. The Balaban J connectivity index is 0.000000223. The third-order valence-corrected chi connectivity index (χ3v) is 10.2. The highest BCUT2D eigenvalue weighted by Crippen LogP contribution is 2.22. The second-order valence-corrected chi connectivity index (χ2v) is 14.3. The molecular formula is C40H57BF3N5. The molecule has 49 heavy (non-hydrogen) atoms. The smallest absolute Gasteiger partial charge is 0.340 e. The van der Waals surface area contributed by atoms with E-state index in [1.54, 1.807) is 18.2 Å². The summed E-state index contributed by atoms with van der Waals surface area (Å²) in [5.74, 6) is 0.998. The fraction of sp³-hybridized carbons (Fsp3) is 0.500. The van der Waals surface area contributed by atoms with Crippen molar-refractivity contribution in [3.8, 4) is 0 Å². The van der Waals surface area contributed by atoms with Crippen molar-refractivity contribution in [1.82, 2.24) is 15.5 Å². The van der Waals surface area contributed by atoms with Crippen molar-refractivity contribution in [2.75, 3.05) is 28.2 Å². The zero-order valence-corrected chi connectivity index (χ0v) is 30.3. The molecule has 5 rings (SSSR count). The summed E-state index contributed by atoms with van der Waals surface area (Å²) < 4.78 is 44.3. The summed E-state index contributed by atoms with van der Waals surface area (Å²) in [7, 11) is 8.28. The molecule has 266 valence electrons. The van der Waals surface area contributed by atoms with Crippen molar-refractivity contribution >= 4 is 34.5 Å². The van der Waals surface area contributed by atoms with E-state index in [1.807, 2.05) is 18.2 Å². The molecule has 3 aromatic rings. The highest BCUT2D eigenvalue weighted by atomic mass is 19.1. The summed E-state index contributed by atoms with van der Waals surface area (Å²) in [6.07, 6.45) is 13.9. The first kappa shape index (κ1) is 38.1. The Morgan fingerprint density at radius 1 is 0.755 bits per heavy atom. The van der Waals surface area contributed by atoms with Crippen LogP contribution in [0, 0.1) is 17.5 Å². The third kappa shape index (κ3) is 10.9. The maximum atomic E-state index is 14.1. The minimum absolute atomic E-state index is 0.349. The van der Waals surface area contributed by atoms with Gasteiger partial charge in [-0.1, -0.05) is 113 Å². The van der Waals surface area contributed by atoms with Crippen molar-refractivity contribution in [2.45, 2.75) is 102 Å². The van der Waals surface area contributed by atoms with Crippen LogP contribution >= 0.6 is 0 Å². The summed E-state index contributed by atoms with van der Waals surface area (Å²) in [5, 5.41) is 7.26. The van der Waals surface area contributed by atoms with Crippen molar-refractivity contribution in [2.24, 2.45) is 4.99 Å². The van der Waals surface area contributed by atoms with Crippen molar-refractivity contribution in [3.05, 3.63) is 90.2 Å². The third-order valence-electron chi connectivity index (χ3n) is 10.2. The Morgan fingerprint density at radius 3 is 1.63 bits per heavy atom. The van der Waals surface area contributed by atoms with Crippen molar-refractivity contribution in [3.63, 3.8) is 0 Å². The molecule has 0 spiro atoms. The van der Waals surface area contributed by atoms with Crippen LogP contribution < -0.4 is 27.0 Å². The fourth-order valence-electron chi connectivity index (χ4n) is 7.70. The number of aliphatic imine (C=N–C) groups is 1. The van der Waals surface area contributed by atoms with Crippen LogP contribution in [-0.4, -0.2) is 67.8 Å². The van der Waals surface area contributed by atoms with Crippen LogP contribution in [0.1, 0.15) is 84.0 Å². The van der Waals surface area contributed by atoms with Gasteiger partial charge in [-0.15, -0.1) is 0 Å². The topological polar surface area (TPSA) is 42.7 Å². The van der Waals surface area contributed by atoms with E-state index in [1.165, 1.54) is 101 Å². The van der Waals surface area contributed by atoms with E-state index in [9.17, 15) is 13.2 Å². The molecule has 0 unspecified atom stereocenters. The molecule has 5 nitrogen and oxygen atoms in total. The highest BCUT2D eigenvalue weighted by molar-refractivity contribution is 7.11. The number of nitrogens with zero attached hydrogens (tertiary/aromatic N) is 3. The number of hydrogen-bond acceptors (Lipinski definition) is 1. The summed E-state index contributed by atoms with van der Waals surface area (Å²) in [6.45, 7) is 2.07. The van der Waals surface area contributed by atoms with E-state index < -0.39 is 6.15 Å². The lowest BCUT2D eigenvalue weighted by molar-refractivity contribution is -0.471. The van der Waals surface area contributed by atoms with E-state index in [4.69, 9.17) is 4.99 Å². The summed E-state index contributed by atoms with van der Waals surface area (Å²) in [4.78, 5) is 7.16. The van der Waals surface area contributed by atoms with Crippen LogP contribution in [0.2, 0.25) is 6.32 Å². The van der Waals surface area contributed by atoms with Gasteiger partial charge in [-0.2, -0.15) is 22.7 Å². The molecule has 0 atom stereocenters. The Morgan fingerprint density at radius 2 is 1.22 bits per heavy atom. The number of guanidine groups is 2. The standard InChI is InChI=1S/C22H21BF3.C18H35N5/c1-2-3-13-23(17-7-4-10-20(24)14-17,18-8-5-11-21(25)15-18)19-9-6-12-22(26)16-19;1-22(2)18(23(3)4)21-17(19-15-11-7-5-8-12-15)20-16-13-9-6-10-14-16/h4-12,14-16H,2-3,13H2,1H3;15-16H,5-14H2,1-4H3,(H,19,20)/q-1;/p+1. The van der Waals surface area contributed by atoms with Crippen LogP contribution in [0.4, 0.5) is 13.2 Å². The number of benzene rings is 3. The maximum Gasteiger partial charge on any atom is 0.354 e. The molecular weight excluding hydrogens is 618 g/mol. The Hall–Kier alpha value is -3.75.